The first-order valence-corrected chi connectivity index (χ1v) is 5.73. The minimum Gasteiger partial charge on any atom is -0.435 e. The predicted molar refractivity (Wildman–Crippen MR) is 66.5 cm³/mol. The Hall–Kier alpha value is -1.66. The zero-order chi connectivity index (χ0) is 14.0. The van der Waals surface area contributed by atoms with Gasteiger partial charge in [0.2, 0.25) is 0 Å². The summed E-state index contributed by atoms with van der Waals surface area (Å²) in [6.07, 6.45) is 1.19. The molecule has 100 valence electrons. The highest BCUT2D eigenvalue weighted by atomic mass is 35.5. The van der Waals surface area contributed by atoms with Crippen LogP contribution in [-0.4, -0.2) is 16.4 Å². The minimum absolute atomic E-state index is 0.0166. The standard InChI is InChI=1S/C11H6Cl2F2N2O2/c12-8-5-16-17(10(18)9(8)13)6-2-1-3-7(4-6)19-11(14)15/h1-5,11H. The van der Waals surface area contributed by atoms with Crippen LogP contribution in [0.3, 0.4) is 0 Å². The van der Waals surface area contributed by atoms with E-state index in [4.69, 9.17) is 23.2 Å². The van der Waals surface area contributed by atoms with E-state index in [1.165, 1.54) is 30.5 Å². The van der Waals surface area contributed by atoms with Gasteiger partial charge < -0.3 is 4.74 Å². The first kappa shape index (κ1) is 13.8. The third-order valence-corrected chi connectivity index (χ3v) is 2.91. The molecule has 0 aliphatic carbocycles. The molecule has 2 rings (SSSR count). The molecule has 1 aromatic heterocycles. The molecule has 0 aliphatic heterocycles. The summed E-state index contributed by atoms with van der Waals surface area (Å²) in [6.45, 7) is -2.95. The summed E-state index contributed by atoms with van der Waals surface area (Å²) in [7, 11) is 0. The van der Waals surface area contributed by atoms with Gasteiger partial charge in [0.15, 0.2) is 0 Å². The lowest BCUT2D eigenvalue weighted by molar-refractivity contribution is -0.0498. The summed E-state index contributed by atoms with van der Waals surface area (Å²) in [5, 5.41) is 3.59. The molecule has 0 fully saturated rings. The van der Waals surface area contributed by atoms with Gasteiger partial charge in [-0.15, -0.1) is 0 Å². The Labute approximate surface area is 116 Å². The maximum Gasteiger partial charge on any atom is 0.387 e. The van der Waals surface area contributed by atoms with Crippen LogP contribution < -0.4 is 10.3 Å². The van der Waals surface area contributed by atoms with Gasteiger partial charge in [0.25, 0.3) is 5.56 Å². The number of rotatable bonds is 3. The van der Waals surface area contributed by atoms with Gasteiger partial charge >= 0.3 is 6.61 Å². The normalized spacial score (nSPS) is 10.8. The molecule has 0 amide bonds. The number of halogens is 4. The van der Waals surface area contributed by atoms with Crippen molar-refractivity contribution < 1.29 is 13.5 Å². The van der Waals surface area contributed by atoms with Gasteiger partial charge in [-0.2, -0.15) is 18.6 Å². The van der Waals surface area contributed by atoms with Crippen LogP contribution in [0.4, 0.5) is 8.78 Å². The topological polar surface area (TPSA) is 44.1 Å². The molecule has 0 spiro atoms. The molecule has 0 atom stereocenters. The summed E-state index contributed by atoms with van der Waals surface area (Å²) in [5.74, 6) is -0.0905. The van der Waals surface area contributed by atoms with Crippen LogP contribution in [0, 0.1) is 0 Å². The Kier molecular flexibility index (Phi) is 4.01. The molecule has 19 heavy (non-hydrogen) atoms. The highest BCUT2D eigenvalue weighted by molar-refractivity contribution is 6.41. The smallest absolute Gasteiger partial charge is 0.387 e. The van der Waals surface area contributed by atoms with E-state index in [9.17, 15) is 13.6 Å². The van der Waals surface area contributed by atoms with Gasteiger partial charge in [0.1, 0.15) is 10.8 Å². The molecular formula is C11H6Cl2F2N2O2. The van der Waals surface area contributed by atoms with Crippen molar-refractivity contribution in [2.24, 2.45) is 0 Å². The highest BCUT2D eigenvalue weighted by Crippen LogP contribution is 2.19. The van der Waals surface area contributed by atoms with Crippen molar-refractivity contribution in [3.63, 3.8) is 0 Å². The molecular weight excluding hydrogens is 301 g/mol. The van der Waals surface area contributed by atoms with Crippen molar-refractivity contribution in [1.82, 2.24) is 9.78 Å². The summed E-state index contributed by atoms with van der Waals surface area (Å²) in [4.78, 5) is 11.8. The fraction of sp³-hybridized carbons (Fsp3) is 0.0909. The summed E-state index contributed by atoms with van der Waals surface area (Å²) < 4.78 is 29.4. The SMILES string of the molecule is O=c1c(Cl)c(Cl)cnn1-c1cccc(OC(F)F)c1. The number of aromatic nitrogens is 2. The molecule has 4 nitrogen and oxygen atoms in total. The molecule has 1 heterocycles. The Morgan fingerprint density at radius 2 is 2.05 bits per heavy atom. The van der Waals surface area contributed by atoms with E-state index >= 15 is 0 Å². The quantitative estimate of drug-likeness (QED) is 0.875. The maximum absolute atomic E-state index is 12.1. The molecule has 2 aromatic rings. The zero-order valence-corrected chi connectivity index (χ0v) is 10.7. The molecule has 1 aromatic carbocycles. The third-order valence-electron chi connectivity index (χ3n) is 2.16. The number of ether oxygens (including phenoxy) is 1. The highest BCUT2D eigenvalue weighted by Gasteiger charge is 2.10. The van der Waals surface area contributed by atoms with E-state index in [1.54, 1.807) is 0 Å². The Morgan fingerprint density at radius 3 is 2.74 bits per heavy atom. The van der Waals surface area contributed by atoms with Crippen LogP contribution in [-0.2, 0) is 0 Å². The van der Waals surface area contributed by atoms with E-state index in [0.717, 1.165) is 4.68 Å². The van der Waals surface area contributed by atoms with Crippen LogP contribution >= 0.6 is 23.2 Å². The second-order valence-electron chi connectivity index (χ2n) is 3.40. The summed E-state index contributed by atoms with van der Waals surface area (Å²) in [6, 6.07) is 5.52. The molecule has 0 bridgehead atoms. The van der Waals surface area contributed by atoms with Crippen molar-refractivity contribution in [3.05, 3.63) is 50.9 Å². The fourth-order valence-electron chi connectivity index (χ4n) is 1.39. The summed E-state index contributed by atoms with van der Waals surface area (Å²) >= 11 is 11.3. The Bertz CT molecular complexity index is 661. The predicted octanol–water partition coefficient (Wildman–Crippen LogP) is 3.14. The van der Waals surface area contributed by atoms with E-state index in [1.807, 2.05) is 0 Å². The second kappa shape index (κ2) is 5.54. The molecule has 0 saturated carbocycles. The van der Waals surface area contributed by atoms with Crippen molar-refractivity contribution in [2.45, 2.75) is 6.61 Å². The van der Waals surface area contributed by atoms with Crippen molar-refractivity contribution in [3.8, 4) is 11.4 Å². The van der Waals surface area contributed by atoms with Gasteiger partial charge in [0.05, 0.1) is 16.9 Å². The van der Waals surface area contributed by atoms with Crippen molar-refractivity contribution in [2.75, 3.05) is 0 Å². The average molecular weight is 307 g/mol. The van der Waals surface area contributed by atoms with Gasteiger partial charge in [-0.25, -0.2) is 0 Å². The summed E-state index contributed by atoms with van der Waals surface area (Å²) in [5.41, 5.74) is -0.412. The molecule has 0 N–H and O–H groups in total. The fourth-order valence-corrected chi connectivity index (χ4v) is 1.64. The lowest BCUT2D eigenvalue weighted by Gasteiger charge is -2.08. The lowest BCUT2D eigenvalue weighted by Crippen LogP contribution is -2.21. The number of alkyl halides is 2. The van der Waals surface area contributed by atoms with Crippen LogP contribution in [0.25, 0.3) is 5.69 Å². The largest absolute Gasteiger partial charge is 0.435 e. The zero-order valence-electron chi connectivity index (χ0n) is 9.19. The Balaban J connectivity index is 2.48. The van der Waals surface area contributed by atoms with E-state index < -0.39 is 12.2 Å². The van der Waals surface area contributed by atoms with Crippen LogP contribution in [0.1, 0.15) is 0 Å². The minimum atomic E-state index is -2.95. The van der Waals surface area contributed by atoms with Gasteiger partial charge in [-0.3, -0.25) is 4.79 Å². The number of benzene rings is 1. The van der Waals surface area contributed by atoms with Crippen molar-refractivity contribution in [1.29, 1.82) is 0 Å². The molecule has 0 aliphatic rings. The maximum atomic E-state index is 12.1. The molecule has 0 saturated heterocycles. The first-order chi connectivity index (χ1) is 8.99. The van der Waals surface area contributed by atoms with E-state index in [-0.39, 0.29) is 21.5 Å². The number of nitrogens with zero attached hydrogens (tertiary/aromatic N) is 2. The van der Waals surface area contributed by atoms with Crippen LogP contribution in [0.2, 0.25) is 10.0 Å². The van der Waals surface area contributed by atoms with Gasteiger partial charge in [0, 0.05) is 6.07 Å². The van der Waals surface area contributed by atoms with E-state index in [2.05, 4.69) is 9.84 Å². The lowest BCUT2D eigenvalue weighted by atomic mass is 10.3. The van der Waals surface area contributed by atoms with Crippen LogP contribution in [0.5, 0.6) is 5.75 Å². The second-order valence-corrected chi connectivity index (χ2v) is 4.18. The van der Waals surface area contributed by atoms with Gasteiger partial charge in [-0.05, 0) is 12.1 Å². The molecule has 0 unspecified atom stereocenters. The third kappa shape index (κ3) is 3.02. The number of hydrogen-bond acceptors (Lipinski definition) is 3. The average Bonchev–Trinajstić information content (AvgIpc) is 2.36. The van der Waals surface area contributed by atoms with Crippen molar-refractivity contribution >= 4 is 23.2 Å². The van der Waals surface area contributed by atoms with Crippen LogP contribution in [0.15, 0.2) is 35.3 Å². The molecule has 8 heteroatoms. The molecule has 0 radical (unpaired) electrons. The number of hydrogen-bond donors (Lipinski definition) is 0. The monoisotopic (exact) mass is 306 g/mol. The Morgan fingerprint density at radius 1 is 1.32 bits per heavy atom. The van der Waals surface area contributed by atoms with Gasteiger partial charge in [-0.1, -0.05) is 29.3 Å². The first-order valence-electron chi connectivity index (χ1n) is 4.97. The van der Waals surface area contributed by atoms with E-state index in [0.29, 0.717) is 0 Å².